The van der Waals surface area contributed by atoms with E-state index in [1.54, 1.807) is 4.90 Å². The van der Waals surface area contributed by atoms with Crippen LogP contribution < -0.4 is 10.6 Å². The molecule has 0 aliphatic carbocycles. The van der Waals surface area contributed by atoms with Crippen molar-refractivity contribution in [2.24, 2.45) is 10.7 Å². The van der Waals surface area contributed by atoms with Crippen LogP contribution in [0.2, 0.25) is 0 Å². The first-order valence-corrected chi connectivity index (χ1v) is 11.4. The monoisotopic (exact) mass is 558 g/mol. The Kier molecular flexibility index (Phi) is 10.3. The number of nitrogens with two attached hydrogens (primary N) is 1. The summed E-state index contributed by atoms with van der Waals surface area (Å²) in [5, 5.41) is 0. The molecule has 2 aliphatic rings. The summed E-state index contributed by atoms with van der Waals surface area (Å²) in [5.74, 6) is 0.581. The lowest BCUT2D eigenvalue weighted by Crippen LogP contribution is -2.53. The van der Waals surface area contributed by atoms with Crippen LogP contribution in [0.3, 0.4) is 0 Å². The Morgan fingerprint density at radius 2 is 1.56 bits per heavy atom. The number of nitrogens with zero attached hydrogens (tertiary/aromatic N) is 5. The topological polar surface area (TPSA) is 77.6 Å². The van der Waals surface area contributed by atoms with Gasteiger partial charge in [-0.1, -0.05) is 18.2 Å². The van der Waals surface area contributed by atoms with Gasteiger partial charge in [-0.25, -0.2) is 4.79 Å². The van der Waals surface area contributed by atoms with E-state index < -0.39 is 5.60 Å². The van der Waals surface area contributed by atoms with Gasteiger partial charge in [-0.15, -0.1) is 24.0 Å². The number of benzene rings is 1. The molecule has 0 unspecified atom stereocenters. The van der Waals surface area contributed by atoms with Gasteiger partial charge in [0.15, 0.2) is 5.96 Å². The van der Waals surface area contributed by atoms with Crippen LogP contribution in [0.25, 0.3) is 0 Å². The number of carbonyl (C=O) groups is 1. The fourth-order valence-corrected chi connectivity index (χ4v) is 3.90. The zero-order valence-electron chi connectivity index (χ0n) is 19.7. The van der Waals surface area contributed by atoms with Gasteiger partial charge in [0.25, 0.3) is 0 Å². The Morgan fingerprint density at radius 3 is 2.16 bits per heavy atom. The molecule has 0 saturated carbocycles. The Hall–Kier alpha value is -1.75. The van der Waals surface area contributed by atoms with Crippen molar-refractivity contribution in [3.05, 3.63) is 30.3 Å². The highest BCUT2D eigenvalue weighted by Crippen LogP contribution is 2.15. The summed E-state index contributed by atoms with van der Waals surface area (Å²) in [6.07, 6.45) is 0.749. The minimum atomic E-state index is -0.469. The SMILES string of the molecule is CC(C)(C)OC(=O)N1CCN(C(N)=NCCCN2CCN(c3ccccc3)CC2)CC1.I. The quantitative estimate of drug-likeness (QED) is 0.259. The van der Waals surface area contributed by atoms with E-state index in [1.165, 1.54) is 5.69 Å². The number of ether oxygens (including phenoxy) is 1. The summed E-state index contributed by atoms with van der Waals surface area (Å²) >= 11 is 0. The van der Waals surface area contributed by atoms with Crippen molar-refractivity contribution in [3.8, 4) is 0 Å². The maximum absolute atomic E-state index is 12.2. The molecule has 2 fully saturated rings. The molecular formula is C23H39IN6O2. The molecule has 3 rings (SSSR count). The van der Waals surface area contributed by atoms with Crippen molar-refractivity contribution in [2.75, 3.05) is 70.3 Å². The van der Waals surface area contributed by atoms with E-state index >= 15 is 0 Å². The zero-order chi connectivity index (χ0) is 22.3. The number of amides is 1. The highest BCUT2D eigenvalue weighted by molar-refractivity contribution is 14.0. The van der Waals surface area contributed by atoms with Crippen LogP contribution in [-0.4, -0.2) is 97.8 Å². The van der Waals surface area contributed by atoms with Crippen molar-refractivity contribution in [3.63, 3.8) is 0 Å². The van der Waals surface area contributed by atoms with Gasteiger partial charge in [-0.05, 0) is 39.3 Å². The molecule has 0 bridgehead atoms. The molecule has 2 saturated heterocycles. The van der Waals surface area contributed by atoms with Gasteiger partial charge in [0.2, 0.25) is 0 Å². The number of halogens is 1. The Labute approximate surface area is 209 Å². The van der Waals surface area contributed by atoms with Crippen molar-refractivity contribution >= 4 is 41.7 Å². The van der Waals surface area contributed by atoms with Crippen LogP contribution in [0.15, 0.2) is 35.3 Å². The molecule has 0 spiro atoms. The molecule has 0 atom stereocenters. The van der Waals surface area contributed by atoms with Gasteiger partial charge in [-0.3, -0.25) is 9.89 Å². The lowest BCUT2D eigenvalue weighted by atomic mass is 10.2. The van der Waals surface area contributed by atoms with Crippen LogP contribution in [0.1, 0.15) is 27.2 Å². The predicted molar refractivity (Wildman–Crippen MR) is 141 cm³/mol. The number of para-hydroxylation sites is 1. The molecule has 0 aromatic heterocycles. The summed E-state index contributed by atoms with van der Waals surface area (Å²) in [7, 11) is 0. The minimum Gasteiger partial charge on any atom is -0.444 e. The second-order valence-corrected chi connectivity index (χ2v) is 9.21. The first-order chi connectivity index (χ1) is 14.8. The summed E-state index contributed by atoms with van der Waals surface area (Å²) < 4.78 is 5.44. The standard InChI is InChI=1S/C23H38N6O2.HI/c1-23(2,3)31-22(30)29-18-16-28(17-19-29)21(24)25-10-7-11-26-12-14-27(15-13-26)20-8-5-4-6-9-20;/h4-6,8-9H,7,10-19H2,1-3H3,(H2,24,25);1H. The lowest BCUT2D eigenvalue weighted by molar-refractivity contribution is 0.0186. The fourth-order valence-electron chi connectivity index (χ4n) is 3.90. The molecule has 180 valence electrons. The highest BCUT2D eigenvalue weighted by Gasteiger charge is 2.26. The smallest absolute Gasteiger partial charge is 0.410 e. The Balaban J connectivity index is 0.00000363. The molecule has 1 aromatic carbocycles. The summed E-state index contributed by atoms with van der Waals surface area (Å²) in [4.78, 5) is 25.5. The maximum Gasteiger partial charge on any atom is 0.410 e. The number of piperazine rings is 2. The third kappa shape index (κ3) is 8.31. The predicted octanol–water partition coefficient (Wildman–Crippen LogP) is 2.68. The zero-order valence-corrected chi connectivity index (χ0v) is 22.0. The van der Waals surface area contributed by atoms with Crippen LogP contribution in [-0.2, 0) is 4.74 Å². The first kappa shape index (κ1) is 26.5. The highest BCUT2D eigenvalue weighted by atomic mass is 127. The average Bonchev–Trinajstić information content (AvgIpc) is 2.76. The second-order valence-electron chi connectivity index (χ2n) is 9.21. The molecule has 2 heterocycles. The minimum absolute atomic E-state index is 0. The van der Waals surface area contributed by atoms with E-state index in [1.807, 2.05) is 20.8 Å². The number of rotatable bonds is 5. The van der Waals surface area contributed by atoms with Crippen LogP contribution in [0.5, 0.6) is 0 Å². The van der Waals surface area contributed by atoms with Crippen molar-refractivity contribution in [2.45, 2.75) is 32.8 Å². The average molecular weight is 559 g/mol. The van der Waals surface area contributed by atoms with Gasteiger partial charge in [-0.2, -0.15) is 0 Å². The molecule has 32 heavy (non-hydrogen) atoms. The number of hydrogen-bond donors (Lipinski definition) is 1. The van der Waals surface area contributed by atoms with E-state index in [9.17, 15) is 4.79 Å². The van der Waals surface area contributed by atoms with E-state index in [4.69, 9.17) is 10.5 Å². The maximum atomic E-state index is 12.2. The van der Waals surface area contributed by atoms with Crippen LogP contribution in [0.4, 0.5) is 10.5 Å². The number of hydrogen-bond acceptors (Lipinski definition) is 5. The van der Waals surface area contributed by atoms with Crippen LogP contribution in [0, 0.1) is 0 Å². The van der Waals surface area contributed by atoms with Crippen molar-refractivity contribution < 1.29 is 9.53 Å². The molecular weight excluding hydrogens is 519 g/mol. The van der Waals surface area contributed by atoms with Gasteiger partial charge in [0.05, 0.1) is 0 Å². The second kappa shape index (κ2) is 12.5. The Morgan fingerprint density at radius 1 is 0.969 bits per heavy atom. The van der Waals surface area contributed by atoms with Gasteiger partial charge in [0, 0.05) is 71.1 Å². The summed E-state index contributed by atoms with van der Waals surface area (Å²) in [6, 6.07) is 10.6. The molecule has 2 N–H and O–H groups in total. The summed E-state index contributed by atoms with van der Waals surface area (Å²) in [6.45, 7) is 14.3. The third-order valence-corrected chi connectivity index (χ3v) is 5.66. The van der Waals surface area contributed by atoms with E-state index in [0.717, 1.165) is 45.7 Å². The van der Waals surface area contributed by atoms with Crippen LogP contribution >= 0.6 is 24.0 Å². The van der Waals surface area contributed by atoms with Crippen molar-refractivity contribution in [1.29, 1.82) is 0 Å². The normalized spacial score (nSPS) is 18.3. The van der Waals surface area contributed by atoms with Gasteiger partial charge < -0.3 is 25.2 Å². The number of anilines is 1. The fraction of sp³-hybridized carbons (Fsp3) is 0.652. The number of carbonyl (C=O) groups excluding carboxylic acids is 1. The van der Waals surface area contributed by atoms with E-state index in [2.05, 4.69) is 50.0 Å². The largest absolute Gasteiger partial charge is 0.444 e. The van der Waals surface area contributed by atoms with E-state index in [0.29, 0.717) is 32.1 Å². The molecule has 1 aromatic rings. The van der Waals surface area contributed by atoms with Gasteiger partial charge >= 0.3 is 6.09 Å². The molecule has 9 heteroatoms. The number of guanidine groups is 1. The Bertz CT molecular complexity index is 724. The summed E-state index contributed by atoms with van der Waals surface area (Å²) in [5.41, 5.74) is 7.04. The number of aliphatic imine (C=N–C) groups is 1. The van der Waals surface area contributed by atoms with Crippen molar-refractivity contribution in [1.82, 2.24) is 14.7 Å². The molecule has 8 nitrogen and oxygen atoms in total. The molecule has 0 radical (unpaired) electrons. The lowest BCUT2D eigenvalue weighted by Gasteiger charge is -2.36. The third-order valence-electron chi connectivity index (χ3n) is 5.66. The molecule has 2 aliphatic heterocycles. The molecule has 1 amide bonds. The van der Waals surface area contributed by atoms with Gasteiger partial charge in [0.1, 0.15) is 5.60 Å². The van der Waals surface area contributed by atoms with E-state index in [-0.39, 0.29) is 30.1 Å². The first-order valence-electron chi connectivity index (χ1n) is 11.4.